The van der Waals surface area contributed by atoms with Gasteiger partial charge in [0.05, 0.1) is 5.25 Å². The van der Waals surface area contributed by atoms with E-state index in [0.717, 1.165) is 11.3 Å². The highest BCUT2D eigenvalue weighted by molar-refractivity contribution is 7.96. The number of nitrogens with zero attached hydrogens (tertiary/aromatic N) is 1. The van der Waals surface area contributed by atoms with Crippen LogP contribution in [0.5, 0.6) is 0 Å². The predicted octanol–water partition coefficient (Wildman–Crippen LogP) is 2.60. The van der Waals surface area contributed by atoms with E-state index in [-0.39, 0.29) is 4.91 Å². The van der Waals surface area contributed by atoms with Gasteiger partial charge in [0.2, 0.25) is 0 Å². The van der Waals surface area contributed by atoms with Gasteiger partial charge in [0, 0.05) is 11.9 Å². The predicted molar refractivity (Wildman–Crippen MR) is 72.6 cm³/mol. The topological polar surface area (TPSA) is 70.0 Å². The van der Waals surface area contributed by atoms with Gasteiger partial charge in [0.25, 0.3) is 0 Å². The maximum Gasteiger partial charge on any atom is 0.192 e. The molecule has 1 aromatic rings. The van der Waals surface area contributed by atoms with Crippen LogP contribution in [0.4, 0.5) is 5.69 Å². The molecule has 1 rings (SSSR count). The smallest absolute Gasteiger partial charge is 0.192 e. The van der Waals surface area contributed by atoms with Crippen molar-refractivity contribution in [1.29, 1.82) is 5.26 Å². The van der Waals surface area contributed by atoms with Gasteiger partial charge >= 0.3 is 0 Å². The molecule has 0 spiro atoms. The standard InChI is InChI=1S/C13H16N2O2S/c1-10(2)18(16,17)13(8-14)9-15-12-6-4-11(3)5-7-12/h4-7,9-10,15H,1-3H3/b13-9+. The molecule has 0 unspecified atom stereocenters. The fourth-order valence-corrected chi connectivity index (χ4v) is 2.09. The van der Waals surface area contributed by atoms with E-state index in [1.54, 1.807) is 19.9 Å². The maximum atomic E-state index is 11.8. The first-order chi connectivity index (χ1) is 8.37. The van der Waals surface area contributed by atoms with Crippen LogP contribution in [-0.4, -0.2) is 13.7 Å². The number of sulfone groups is 1. The van der Waals surface area contributed by atoms with Crippen LogP contribution < -0.4 is 5.32 Å². The lowest BCUT2D eigenvalue weighted by molar-refractivity contribution is 0.595. The molecule has 96 valence electrons. The molecule has 0 fully saturated rings. The molecule has 1 aromatic carbocycles. The first-order valence-corrected chi connectivity index (χ1v) is 7.10. The Bertz CT molecular complexity index is 578. The van der Waals surface area contributed by atoms with Crippen molar-refractivity contribution in [3.05, 3.63) is 40.9 Å². The molecule has 0 heterocycles. The van der Waals surface area contributed by atoms with Crippen molar-refractivity contribution < 1.29 is 8.42 Å². The Morgan fingerprint density at radius 2 is 1.89 bits per heavy atom. The van der Waals surface area contributed by atoms with Crippen molar-refractivity contribution >= 4 is 15.5 Å². The van der Waals surface area contributed by atoms with Crippen LogP contribution in [0.1, 0.15) is 19.4 Å². The van der Waals surface area contributed by atoms with Gasteiger partial charge in [-0.2, -0.15) is 5.26 Å². The van der Waals surface area contributed by atoms with Gasteiger partial charge in [-0.25, -0.2) is 8.42 Å². The zero-order valence-corrected chi connectivity index (χ0v) is 11.5. The molecule has 0 aromatic heterocycles. The van der Waals surface area contributed by atoms with Crippen LogP contribution in [0, 0.1) is 18.3 Å². The summed E-state index contributed by atoms with van der Waals surface area (Å²) in [4.78, 5) is -0.252. The summed E-state index contributed by atoms with van der Waals surface area (Å²) < 4.78 is 23.6. The summed E-state index contributed by atoms with van der Waals surface area (Å²) in [5.41, 5.74) is 1.85. The summed E-state index contributed by atoms with van der Waals surface area (Å²) in [5, 5.41) is 11.1. The minimum Gasteiger partial charge on any atom is -0.360 e. The summed E-state index contributed by atoms with van der Waals surface area (Å²) in [6, 6.07) is 9.16. The van der Waals surface area contributed by atoms with Gasteiger partial charge in [-0.05, 0) is 32.9 Å². The molecule has 5 heteroatoms. The fourth-order valence-electron chi connectivity index (χ4n) is 1.23. The molecule has 0 saturated carbocycles. The molecule has 0 aliphatic carbocycles. The highest BCUT2D eigenvalue weighted by Crippen LogP contribution is 2.14. The highest BCUT2D eigenvalue weighted by atomic mass is 32.2. The van der Waals surface area contributed by atoms with Crippen molar-refractivity contribution in [2.24, 2.45) is 0 Å². The van der Waals surface area contributed by atoms with E-state index in [1.807, 2.05) is 31.2 Å². The lowest BCUT2D eigenvalue weighted by atomic mass is 10.2. The molecule has 4 nitrogen and oxygen atoms in total. The number of allylic oxidation sites excluding steroid dienone is 1. The molecule has 18 heavy (non-hydrogen) atoms. The molecular weight excluding hydrogens is 248 g/mol. The normalized spacial score (nSPS) is 12.3. The van der Waals surface area contributed by atoms with Crippen LogP contribution in [-0.2, 0) is 9.84 Å². The number of nitriles is 1. The van der Waals surface area contributed by atoms with Gasteiger partial charge in [-0.15, -0.1) is 0 Å². The highest BCUT2D eigenvalue weighted by Gasteiger charge is 2.21. The van der Waals surface area contributed by atoms with Crippen LogP contribution in [0.25, 0.3) is 0 Å². The molecule has 0 radical (unpaired) electrons. The molecule has 0 bridgehead atoms. The number of hydrogen-bond acceptors (Lipinski definition) is 4. The van der Waals surface area contributed by atoms with E-state index in [9.17, 15) is 8.42 Å². The van der Waals surface area contributed by atoms with Crippen molar-refractivity contribution in [1.82, 2.24) is 0 Å². The third kappa shape index (κ3) is 3.34. The van der Waals surface area contributed by atoms with Crippen molar-refractivity contribution in [3.8, 4) is 6.07 Å². The number of nitrogens with one attached hydrogen (secondary N) is 1. The summed E-state index contributed by atoms with van der Waals surface area (Å²) >= 11 is 0. The second-order valence-electron chi connectivity index (χ2n) is 4.22. The zero-order valence-electron chi connectivity index (χ0n) is 10.6. The Kier molecular flexibility index (Phi) is 4.51. The van der Waals surface area contributed by atoms with E-state index in [4.69, 9.17) is 5.26 Å². The van der Waals surface area contributed by atoms with Crippen LogP contribution in [0.3, 0.4) is 0 Å². The third-order valence-corrected chi connectivity index (χ3v) is 4.52. The number of anilines is 1. The zero-order chi connectivity index (χ0) is 13.8. The SMILES string of the molecule is Cc1ccc(N/C=C(\C#N)S(=O)(=O)C(C)C)cc1. The van der Waals surface area contributed by atoms with Gasteiger partial charge in [-0.1, -0.05) is 17.7 Å². The minimum absolute atomic E-state index is 0.252. The Balaban J connectivity index is 2.95. The Morgan fingerprint density at radius 3 is 2.33 bits per heavy atom. The fraction of sp³-hybridized carbons (Fsp3) is 0.308. The van der Waals surface area contributed by atoms with E-state index in [0.29, 0.717) is 0 Å². The summed E-state index contributed by atoms with van der Waals surface area (Å²) in [6.45, 7) is 5.06. The van der Waals surface area contributed by atoms with Crippen molar-refractivity contribution in [2.75, 3.05) is 5.32 Å². The molecule has 0 saturated heterocycles. The van der Waals surface area contributed by atoms with Gasteiger partial charge in [0.1, 0.15) is 6.07 Å². The van der Waals surface area contributed by atoms with Crippen molar-refractivity contribution in [2.45, 2.75) is 26.0 Å². The number of benzene rings is 1. The number of rotatable bonds is 4. The Labute approximate surface area is 108 Å². The van der Waals surface area contributed by atoms with E-state index in [1.165, 1.54) is 6.20 Å². The molecule has 0 aliphatic heterocycles. The summed E-state index contributed by atoms with van der Waals surface area (Å²) in [6.07, 6.45) is 1.24. The van der Waals surface area contributed by atoms with Gasteiger partial charge < -0.3 is 5.32 Å². The Hall–Kier alpha value is -1.80. The van der Waals surface area contributed by atoms with Crippen molar-refractivity contribution in [3.63, 3.8) is 0 Å². The first-order valence-electron chi connectivity index (χ1n) is 5.55. The lowest BCUT2D eigenvalue weighted by Crippen LogP contribution is -2.16. The van der Waals surface area contributed by atoms with Crippen LogP contribution in [0.15, 0.2) is 35.4 Å². The second-order valence-corrected chi connectivity index (χ2v) is 6.70. The first kappa shape index (κ1) is 14.3. The van der Waals surface area contributed by atoms with Gasteiger partial charge in [-0.3, -0.25) is 0 Å². The van der Waals surface area contributed by atoms with Crippen LogP contribution in [0.2, 0.25) is 0 Å². The molecule has 0 amide bonds. The number of aryl methyl sites for hydroxylation is 1. The quantitative estimate of drug-likeness (QED) is 0.849. The van der Waals surface area contributed by atoms with E-state index >= 15 is 0 Å². The maximum absolute atomic E-state index is 11.8. The lowest BCUT2D eigenvalue weighted by Gasteiger charge is -2.07. The van der Waals surface area contributed by atoms with Crippen LogP contribution >= 0.6 is 0 Å². The second kappa shape index (κ2) is 5.69. The largest absolute Gasteiger partial charge is 0.360 e. The summed E-state index contributed by atoms with van der Waals surface area (Å²) in [7, 11) is -3.53. The molecule has 0 atom stereocenters. The summed E-state index contributed by atoms with van der Waals surface area (Å²) in [5.74, 6) is 0. The van der Waals surface area contributed by atoms with E-state index < -0.39 is 15.1 Å². The molecular formula is C13H16N2O2S. The minimum atomic E-state index is -3.53. The van der Waals surface area contributed by atoms with Gasteiger partial charge in [0.15, 0.2) is 14.7 Å². The average molecular weight is 264 g/mol. The third-order valence-electron chi connectivity index (χ3n) is 2.46. The van der Waals surface area contributed by atoms with E-state index in [2.05, 4.69) is 5.32 Å². The Morgan fingerprint density at radius 1 is 1.33 bits per heavy atom. The monoisotopic (exact) mass is 264 g/mol. The average Bonchev–Trinajstić information content (AvgIpc) is 2.31. The number of hydrogen-bond donors (Lipinski definition) is 1. The molecule has 0 aliphatic rings. The molecule has 1 N–H and O–H groups in total.